The van der Waals surface area contributed by atoms with Gasteiger partial charge in [0.1, 0.15) is 4.88 Å². The standard InChI is InChI=1S/C19H15Cl3N2OS/c1-2-3-15(11-4-6-12(20)7-5-11)23-24-19(25)18-17(22)14-9-8-13(21)10-16(14)26-18/h4-10H,2-3H2,1H3,(H,24,25)/b23-15-. The van der Waals surface area contributed by atoms with Crippen molar-refractivity contribution >= 4 is 67.8 Å². The molecule has 0 aliphatic heterocycles. The van der Waals surface area contributed by atoms with Gasteiger partial charge in [-0.2, -0.15) is 5.10 Å². The van der Waals surface area contributed by atoms with Crippen LogP contribution in [0, 0.1) is 0 Å². The molecule has 0 fully saturated rings. The van der Waals surface area contributed by atoms with E-state index in [4.69, 9.17) is 34.8 Å². The lowest BCUT2D eigenvalue weighted by Crippen LogP contribution is -2.19. The Morgan fingerprint density at radius 3 is 2.46 bits per heavy atom. The molecule has 3 nitrogen and oxygen atoms in total. The number of rotatable bonds is 5. The molecular formula is C19H15Cl3N2OS. The predicted molar refractivity (Wildman–Crippen MR) is 112 cm³/mol. The van der Waals surface area contributed by atoms with Crippen molar-refractivity contribution in [2.45, 2.75) is 19.8 Å². The second-order valence-electron chi connectivity index (χ2n) is 5.64. The fraction of sp³-hybridized carbons (Fsp3) is 0.158. The van der Waals surface area contributed by atoms with Crippen LogP contribution in [0.2, 0.25) is 15.1 Å². The van der Waals surface area contributed by atoms with Gasteiger partial charge in [-0.15, -0.1) is 11.3 Å². The molecule has 0 unspecified atom stereocenters. The van der Waals surface area contributed by atoms with Gasteiger partial charge in [0.2, 0.25) is 0 Å². The van der Waals surface area contributed by atoms with Gasteiger partial charge in [0.05, 0.1) is 10.7 Å². The maximum Gasteiger partial charge on any atom is 0.283 e. The van der Waals surface area contributed by atoms with E-state index in [-0.39, 0.29) is 5.91 Å². The topological polar surface area (TPSA) is 41.5 Å². The molecule has 134 valence electrons. The van der Waals surface area contributed by atoms with E-state index >= 15 is 0 Å². The van der Waals surface area contributed by atoms with Gasteiger partial charge in [0, 0.05) is 20.1 Å². The summed E-state index contributed by atoms with van der Waals surface area (Å²) < 4.78 is 0.864. The summed E-state index contributed by atoms with van der Waals surface area (Å²) in [6.45, 7) is 2.06. The fourth-order valence-corrected chi connectivity index (χ4v) is 4.31. The van der Waals surface area contributed by atoms with Gasteiger partial charge in [0.15, 0.2) is 0 Å². The van der Waals surface area contributed by atoms with E-state index in [0.29, 0.717) is 19.9 Å². The van der Waals surface area contributed by atoms with Crippen molar-refractivity contribution in [3.63, 3.8) is 0 Å². The number of nitrogens with one attached hydrogen (secondary N) is 1. The second kappa shape index (κ2) is 8.40. The van der Waals surface area contributed by atoms with Gasteiger partial charge in [-0.05, 0) is 36.2 Å². The highest BCUT2D eigenvalue weighted by molar-refractivity contribution is 7.21. The fourth-order valence-electron chi connectivity index (χ4n) is 2.50. The van der Waals surface area contributed by atoms with Crippen molar-refractivity contribution in [3.8, 4) is 0 Å². The molecule has 1 aromatic heterocycles. The lowest BCUT2D eigenvalue weighted by Gasteiger charge is -2.06. The summed E-state index contributed by atoms with van der Waals surface area (Å²) in [4.78, 5) is 13.0. The summed E-state index contributed by atoms with van der Waals surface area (Å²) in [6.07, 6.45) is 1.64. The first-order valence-electron chi connectivity index (χ1n) is 8.00. The molecular weight excluding hydrogens is 411 g/mol. The number of hydrogen-bond acceptors (Lipinski definition) is 3. The van der Waals surface area contributed by atoms with Crippen LogP contribution in [-0.4, -0.2) is 11.6 Å². The SMILES string of the molecule is CCC/C(=N/NC(=O)c1sc2cc(Cl)ccc2c1Cl)c1ccc(Cl)cc1. The van der Waals surface area contributed by atoms with Crippen molar-refractivity contribution in [1.29, 1.82) is 0 Å². The summed E-state index contributed by atoms with van der Waals surface area (Å²) in [5.74, 6) is -0.338. The Hall–Kier alpha value is -1.59. The van der Waals surface area contributed by atoms with Crippen molar-refractivity contribution in [3.05, 3.63) is 68.0 Å². The average molecular weight is 426 g/mol. The Kier molecular flexibility index (Phi) is 6.20. The van der Waals surface area contributed by atoms with Gasteiger partial charge in [-0.1, -0.05) is 66.3 Å². The number of carbonyl (C=O) groups is 1. The number of halogens is 3. The molecule has 2 aromatic carbocycles. The first kappa shape index (κ1) is 19.2. The number of fused-ring (bicyclic) bond motifs is 1. The molecule has 0 spiro atoms. The quantitative estimate of drug-likeness (QED) is 0.354. The summed E-state index contributed by atoms with van der Waals surface area (Å²) in [6, 6.07) is 12.7. The average Bonchev–Trinajstić information content (AvgIpc) is 2.95. The Labute approximate surface area is 170 Å². The maximum atomic E-state index is 12.6. The molecule has 0 aliphatic rings. The van der Waals surface area contributed by atoms with Crippen molar-refractivity contribution in [1.82, 2.24) is 5.43 Å². The number of thiophene rings is 1. The molecule has 26 heavy (non-hydrogen) atoms. The highest BCUT2D eigenvalue weighted by Gasteiger charge is 2.17. The molecule has 0 saturated heterocycles. The molecule has 1 amide bonds. The molecule has 0 saturated carbocycles. The normalized spacial score (nSPS) is 11.8. The van der Waals surface area contributed by atoms with Gasteiger partial charge < -0.3 is 0 Å². The number of hydrazone groups is 1. The van der Waals surface area contributed by atoms with E-state index in [9.17, 15) is 4.79 Å². The van der Waals surface area contributed by atoms with E-state index in [0.717, 1.165) is 34.2 Å². The summed E-state index contributed by atoms with van der Waals surface area (Å²) in [5.41, 5.74) is 4.33. The monoisotopic (exact) mass is 424 g/mol. The smallest absolute Gasteiger partial charge is 0.266 e. The zero-order valence-corrected chi connectivity index (χ0v) is 16.9. The Morgan fingerprint density at radius 1 is 1.08 bits per heavy atom. The van der Waals surface area contributed by atoms with Crippen LogP contribution in [0.25, 0.3) is 10.1 Å². The number of benzene rings is 2. The Bertz CT molecular complexity index is 980. The van der Waals surface area contributed by atoms with Crippen LogP contribution in [0.1, 0.15) is 35.0 Å². The highest BCUT2D eigenvalue weighted by atomic mass is 35.5. The highest BCUT2D eigenvalue weighted by Crippen LogP contribution is 2.36. The largest absolute Gasteiger partial charge is 0.283 e. The predicted octanol–water partition coefficient (Wildman–Crippen LogP) is 6.80. The molecule has 1 N–H and O–H groups in total. The first-order valence-corrected chi connectivity index (χ1v) is 9.95. The van der Waals surface area contributed by atoms with E-state index in [1.807, 2.05) is 18.2 Å². The second-order valence-corrected chi connectivity index (χ2v) is 7.95. The van der Waals surface area contributed by atoms with Crippen LogP contribution >= 0.6 is 46.1 Å². The molecule has 0 radical (unpaired) electrons. The zero-order chi connectivity index (χ0) is 18.7. The zero-order valence-electron chi connectivity index (χ0n) is 13.9. The lowest BCUT2D eigenvalue weighted by atomic mass is 10.1. The van der Waals surface area contributed by atoms with Crippen molar-refractivity contribution in [2.24, 2.45) is 5.10 Å². The minimum Gasteiger partial charge on any atom is -0.266 e. The summed E-state index contributed by atoms with van der Waals surface area (Å²) in [7, 11) is 0. The molecule has 0 aliphatic carbocycles. The number of nitrogens with zero attached hydrogens (tertiary/aromatic N) is 1. The van der Waals surface area contributed by atoms with Crippen LogP contribution in [0.4, 0.5) is 0 Å². The van der Waals surface area contributed by atoms with Crippen LogP contribution < -0.4 is 5.43 Å². The minimum atomic E-state index is -0.338. The lowest BCUT2D eigenvalue weighted by molar-refractivity contribution is 0.0959. The van der Waals surface area contributed by atoms with E-state index in [1.54, 1.807) is 24.3 Å². The molecule has 1 heterocycles. The molecule has 0 atom stereocenters. The van der Waals surface area contributed by atoms with Crippen molar-refractivity contribution in [2.75, 3.05) is 0 Å². The number of carbonyl (C=O) groups excluding carboxylic acids is 1. The third-order valence-electron chi connectivity index (χ3n) is 3.75. The Morgan fingerprint density at radius 2 is 1.77 bits per heavy atom. The van der Waals surface area contributed by atoms with E-state index in [2.05, 4.69) is 17.5 Å². The minimum absolute atomic E-state index is 0.338. The van der Waals surface area contributed by atoms with Crippen LogP contribution in [0.5, 0.6) is 0 Å². The molecule has 7 heteroatoms. The Balaban J connectivity index is 1.87. The first-order chi connectivity index (χ1) is 12.5. The third kappa shape index (κ3) is 4.21. The van der Waals surface area contributed by atoms with Gasteiger partial charge in [0.25, 0.3) is 5.91 Å². The van der Waals surface area contributed by atoms with E-state index < -0.39 is 0 Å². The summed E-state index contributed by atoms with van der Waals surface area (Å²) >= 11 is 19.6. The molecule has 3 aromatic rings. The summed E-state index contributed by atoms with van der Waals surface area (Å²) in [5, 5.41) is 6.80. The van der Waals surface area contributed by atoms with Gasteiger partial charge >= 0.3 is 0 Å². The van der Waals surface area contributed by atoms with Gasteiger partial charge in [-0.25, -0.2) is 5.43 Å². The van der Waals surface area contributed by atoms with Crippen LogP contribution in [0.15, 0.2) is 47.6 Å². The van der Waals surface area contributed by atoms with Crippen LogP contribution in [-0.2, 0) is 0 Å². The van der Waals surface area contributed by atoms with Crippen LogP contribution in [0.3, 0.4) is 0 Å². The van der Waals surface area contributed by atoms with E-state index in [1.165, 1.54) is 11.3 Å². The third-order valence-corrected chi connectivity index (χ3v) is 5.90. The van der Waals surface area contributed by atoms with Gasteiger partial charge in [-0.3, -0.25) is 4.79 Å². The maximum absolute atomic E-state index is 12.6. The molecule has 0 bridgehead atoms. The number of hydrogen-bond donors (Lipinski definition) is 1. The van der Waals surface area contributed by atoms with Crippen molar-refractivity contribution < 1.29 is 4.79 Å². The number of amides is 1. The molecule has 3 rings (SSSR count).